The summed E-state index contributed by atoms with van der Waals surface area (Å²) < 4.78 is 33.1. The van der Waals surface area contributed by atoms with E-state index in [-0.39, 0.29) is 11.5 Å². The number of halogens is 1. The van der Waals surface area contributed by atoms with E-state index in [1.54, 1.807) is 31.2 Å². The van der Waals surface area contributed by atoms with Gasteiger partial charge in [0, 0.05) is 5.88 Å². The summed E-state index contributed by atoms with van der Waals surface area (Å²) in [5.41, 5.74) is -0.0952. The van der Waals surface area contributed by atoms with E-state index in [4.69, 9.17) is 16.3 Å². The molecule has 1 saturated carbocycles. The molecule has 0 radical (unpaired) electrons. The monoisotopic (exact) mass is 373 g/mol. The number of esters is 1. The lowest BCUT2D eigenvalue weighted by Crippen LogP contribution is -2.53. The zero-order valence-electron chi connectivity index (χ0n) is 13.9. The van der Waals surface area contributed by atoms with E-state index in [2.05, 4.69) is 4.72 Å². The highest BCUT2D eigenvalue weighted by atomic mass is 35.5. The van der Waals surface area contributed by atoms with Crippen molar-refractivity contribution in [1.29, 1.82) is 0 Å². The number of sulfonamides is 1. The summed E-state index contributed by atoms with van der Waals surface area (Å²) in [5, 5.41) is 0. The van der Waals surface area contributed by atoms with E-state index in [1.807, 2.05) is 0 Å². The molecule has 0 aliphatic heterocycles. The number of alkyl halides is 1. The Hall–Kier alpha value is -1.11. The van der Waals surface area contributed by atoms with Gasteiger partial charge in [-0.2, -0.15) is 4.72 Å². The van der Waals surface area contributed by atoms with Gasteiger partial charge in [0.1, 0.15) is 5.54 Å². The average Bonchev–Trinajstić information content (AvgIpc) is 3.02. The van der Waals surface area contributed by atoms with Gasteiger partial charge in [-0.25, -0.2) is 8.42 Å². The first-order chi connectivity index (χ1) is 11.4. The normalized spacial score (nSPS) is 16.9. The molecule has 0 unspecified atom stereocenters. The highest BCUT2D eigenvalue weighted by molar-refractivity contribution is 7.89. The minimum Gasteiger partial charge on any atom is -0.465 e. The Kier molecular flexibility index (Phi) is 6.66. The minimum absolute atomic E-state index is 0.160. The van der Waals surface area contributed by atoms with Gasteiger partial charge in [-0.15, -0.1) is 11.6 Å². The Morgan fingerprint density at radius 1 is 1.25 bits per heavy atom. The van der Waals surface area contributed by atoms with Crippen molar-refractivity contribution >= 4 is 27.6 Å². The molecule has 0 saturated heterocycles. The minimum atomic E-state index is -3.78. The number of ether oxygens (including phenoxy) is 1. The van der Waals surface area contributed by atoms with Crippen LogP contribution in [-0.2, 0) is 26.0 Å². The molecule has 0 amide bonds. The van der Waals surface area contributed by atoms with Crippen molar-refractivity contribution in [3.05, 3.63) is 29.8 Å². The first kappa shape index (κ1) is 19.2. The van der Waals surface area contributed by atoms with Gasteiger partial charge in [-0.1, -0.05) is 25.0 Å². The van der Waals surface area contributed by atoms with Gasteiger partial charge in [0.25, 0.3) is 0 Å². The van der Waals surface area contributed by atoms with Crippen molar-refractivity contribution in [3.63, 3.8) is 0 Å². The van der Waals surface area contributed by atoms with Crippen molar-refractivity contribution in [2.45, 2.75) is 55.9 Å². The quantitative estimate of drug-likeness (QED) is 0.561. The van der Waals surface area contributed by atoms with Gasteiger partial charge in [0.2, 0.25) is 10.0 Å². The topological polar surface area (TPSA) is 72.5 Å². The van der Waals surface area contributed by atoms with Gasteiger partial charge in [-0.3, -0.25) is 4.79 Å². The smallest absolute Gasteiger partial charge is 0.327 e. The van der Waals surface area contributed by atoms with E-state index in [0.29, 0.717) is 18.7 Å². The van der Waals surface area contributed by atoms with Crippen molar-refractivity contribution in [3.8, 4) is 0 Å². The molecule has 0 spiro atoms. The maximum atomic E-state index is 12.7. The number of benzene rings is 1. The summed E-state index contributed by atoms with van der Waals surface area (Å²) in [4.78, 5) is 12.4. The largest absolute Gasteiger partial charge is 0.465 e. The SMILES string of the molecule is CCOC(=O)C1(NS(=O)(=O)c2ccc(CCCCl)cc2)CCCC1. The van der Waals surface area contributed by atoms with Crippen LogP contribution in [-0.4, -0.2) is 32.4 Å². The van der Waals surface area contributed by atoms with Crippen LogP contribution in [0.5, 0.6) is 0 Å². The van der Waals surface area contributed by atoms with Crippen molar-refractivity contribution < 1.29 is 17.9 Å². The van der Waals surface area contributed by atoms with Crippen LogP contribution in [0.1, 0.15) is 44.6 Å². The number of rotatable bonds is 8. The Morgan fingerprint density at radius 3 is 2.42 bits per heavy atom. The highest BCUT2D eigenvalue weighted by Crippen LogP contribution is 2.32. The molecule has 7 heteroatoms. The molecule has 1 N–H and O–H groups in total. The fourth-order valence-corrected chi connectivity index (χ4v) is 4.57. The maximum absolute atomic E-state index is 12.7. The lowest BCUT2D eigenvalue weighted by atomic mass is 10.00. The molecule has 134 valence electrons. The summed E-state index contributed by atoms with van der Waals surface area (Å²) in [6.45, 7) is 1.95. The molecule has 1 aliphatic carbocycles. The molecule has 0 heterocycles. The lowest BCUT2D eigenvalue weighted by Gasteiger charge is -2.27. The maximum Gasteiger partial charge on any atom is 0.327 e. The molecule has 1 aromatic carbocycles. The van der Waals surface area contributed by atoms with E-state index in [0.717, 1.165) is 31.2 Å². The third kappa shape index (κ3) is 4.49. The molecule has 2 rings (SSSR count). The number of carbonyl (C=O) groups excluding carboxylic acids is 1. The second kappa shape index (κ2) is 8.32. The first-order valence-electron chi connectivity index (χ1n) is 8.29. The molecule has 1 fully saturated rings. The zero-order chi connectivity index (χ0) is 17.6. The van der Waals surface area contributed by atoms with E-state index >= 15 is 0 Å². The van der Waals surface area contributed by atoms with Crippen LogP contribution in [0.2, 0.25) is 0 Å². The van der Waals surface area contributed by atoms with Crippen molar-refractivity contribution in [2.75, 3.05) is 12.5 Å². The molecular weight excluding hydrogens is 350 g/mol. The fraction of sp³-hybridized carbons (Fsp3) is 0.588. The summed E-state index contributed by atoms with van der Waals surface area (Å²) in [6.07, 6.45) is 4.21. The van der Waals surface area contributed by atoms with Crippen LogP contribution in [0.3, 0.4) is 0 Å². The average molecular weight is 374 g/mol. The Morgan fingerprint density at radius 2 is 1.88 bits per heavy atom. The summed E-state index contributed by atoms with van der Waals surface area (Å²) >= 11 is 5.67. The third-order valence-electron chi connectivity index (χ3n) is 4.29. The van der Waals surface area contributed by atoms with Crippen LogP contribution in [0.15, 0.2) is 29.2 Å². The third-order valence-corrected chi connectivity index (χ3v) is 6.11. The molecular formula is C17H24ClNO4S. The second-order valence-corrected chi connectivity index (χ2v) is 8.11. The molecule has 24 heavy (non-hydrogen) atoms. The molecule has 0 bridgehead atoms. The van der Waals surface area contributed by atoms with Crippen LogP contribution in [0.25, 0.3) is 0 Å². The lowest BCUT2D eigenvalue weighted by molar-refractivity contribution is -0.150. The molecule has 0 aromatic heterocycles. The molecule has 0 atom stereocenters. The predicted octanol–water partition coefficient (Wildman–Crippen LogP) is 3.01. The number of aryl methyl sites for hydroxylation is 1. The number of hydrogen-bond donors (Lipinski definition) is 1. The van der Waals surface area contributed by atoms with Gasteiger partial charge < -0.3 is 4.74 Å². The molecule has 1 aliphatic rings. The summed E-state index contributed by atoms with van der Waals surface area (Å²) in [7, 11) is -3.78. The zero-order valence-corrected chi connectivity index (χ0v) is 15.5. The van der Waals surface area contributed by atoms with Crippen LogP contribution < -0.4 is 4.72 Å². The Labute approximate surface area is 148 Å². The highest BCUT2D eigenvalue weighted by Gasteiger charge is 2.45. The number of nitrogens with one attached hydrogen (secondary N) is 1. The van der Waals surface area contributed by atoms with Gasteiger partial charge in [-0.05, 0) is 50.3 Å². The second-order valence-electron chi connectivity index (χ2n) is 6.05. The number of carbonyl (C=O) groups is 1. The molecule has 1 aromatic rings. The standard InChI is InChI=1S/C17H24ClNO4S/c1-2-23-16(20)17(11-3-4-12-17)19-24(21,22)15-9-7-14(8-10-15)6-5-13-18/h7-10,19H,2-6,11-13H2,1H3. The van der Waals surface area contributed by atoms with E-state index < -0.39 is 21.5 Å². The van der Waals surface area contributed by atoms with Crippen LogP contribution in [0, 0.1) is 0 Å². The first-order valence-corrected chi connectivity index (χ1v) is 10.3. The van der Waals surface area contributed by atoms with Crippen molar-refractivity contribution in [1.82, 2.24) is 4.72 Å². The van der Waals surface area contributed by atoms with E-state index in [1.165, 1.54) is 0 Å². The summed E-state index contributed by atoms with van der Waals surface area (Å²) in [5.74, 6) is 0.0914. The van der Waals surface area contributed by atoms with E-state index in [9.17, 15) is 13.2 Å². The number of hydrogen-bond acceptors (Lipinski definition) is 4. The van der Waals surface area contributed by atoms with Gasteiger partial charge in [0.05, 0.1) is 11.5 Å². The van der Waals surface area contributed by atoms with Gasteiger partial charge in [0.15, 0.2) is 0 Å². The van der Waals surface area contributed by atoms with Crippen LogP contribution >= 0.6 is 11.6 Å². The van der Waals surface area contributed by atoms with Gasteiger partial charge >= 0.3 is 5.97 Å². The fourth-order valence-electron chi connectivity index (χ4n) is 3.02. The predicted molar refractivity (Wildman–Crippen MR) is 93.6 cm³/mol. The van der Waals surface area contributed by atoms with Crippen LogP contribution in [0.4, 0.5) is 0 Å². The summed E-state index contributed by atoms with van der Waals surface area (Å²) in [6, 6.07) is 6.71. The Bertz CT molecular complexity index is 652. The van der Waals surface area contributed by atoms with Crippen molar-refractivity contribution in [2.24, 2.45) is 0 Å². The Balaban J connectivity index is 2.18. The molecule has 5 nitrogen and oxygen atoms in total.